The van der Waals surface area contributed by atoms with Crippen molar-refractivity contribution in [1.29, 1.82) is 0 Å². The molecular weight excluding hydrogens is 324 g/mol. The number of rotatable bonds is 11. The van der Waals surface area contributed by atoms with E-state index in [9.17, 15) is 9.90 Å². The van der Waals surface area contributed by atoms with Crippen molar-refractivity contribution in [2.75, 3.05) is 33.5 Å². The third kappa shape index (κ3) is 10.1. The van der Waals surface area contributed by atoms with E-state index in [4.69, 9.17) is 20.1 Å². The maximum atomic E-state index is 11.4. The van der Waals surface area contributed by atoms with Gasteiger partial charge in [-0.1, -0.05) is 34.6 Å². The van der Waals surface area contributed by atoms with Crippen LogP contribution >= 0.6 is 0 Å². The van der Waals surface area contributed by atoms with Crippen LogP contribution in [0.25, 0.3) is 0 Å². The third-order valence-corrected chi connectivity index (χ3v) is 4.54. The molecule has 0 aromatic heterocycles. The Labute approximate surface area is 153 Å². The quantitative estimate of drug-likeness (QED) is 0.417. The van der Waals surface area contributed by atoms with Gasteiger partial charge in [-0.05, 0) is 37.0 Å². The highest BCUT2D eigenvalue weighted by atomic mass is 16.5. The van der Waals surface area contributed by atoms with E-state index in [-0.39, 0.29) is 44.2 Å². The first-order chi connectivity index (χ1) is 11.7. The maximum absolute atomic E-state index is 11.4. The largest absolute Gasteiger partial charge is 0.469 e. The molecule has 6 heteroatoms. The number of esters is 1. The van der Waals surface area contributed by atoms with E-state index in [1.54, 1.807) is 0 Å². The Hall–Kier alpha value is -0.690. The van der Waals surface area contributed by atoms with E-state index in [0.717, 1.165) is 6.42 Å². The number of aliphatic hydroxyl groups excluding tert-OH is 4. The molecule has 2 atom stereocenters. The normalized spacial score (nSPS) is 14.9. The Bertz CT molecular complexity index is 322. The van der Waals surface area contributed by atoms with Gasteiger partial charge in [-0.15, -0.1) is 0 Å². The zero-order valence-electron chi connectivity index (χ0n) is 16.9. The topological polar surface area (TPSA) is 107 Å². The van der Waals surface area contributed by atoms with Crippen LogP contribution in [0, 0.1) is 29.1 Å². The van der Waals surface area contributed by atoms with Crippen LogP contribution < -0.4 is 0 Å². The molecule has 25 heavy (non-hydrogen) atoms. The van der Waals surface area contributed by atoms with Crippen molar-refractivity contribution in [3.05, 3.63) is 0 Å². The molecule has 0 amide bonds. The highest BCUT2D eigenvalue weighted by Gasteiger charge is 2.37. The molecule has 0 spiro atoms. The molecule has 6 nitrogen and oxygen atoms in total. The lowest BCUT2D eigenvalue weighted by Crippen LogP contribution is -2.36. The van der Waals surface area contributed by atoms with Crippen LogP contribution in [-0.2, 0) is 9.53 Å². The van der Waals surface area contributed by atoms with Crippen LogP contribution in [0.15, 0.2) is 0 Å². The minimum absolute atomic E-state index is 0.0278. The zero-order valence-corrected chi connectivity index (χ0v) is 16.9. The molecule has 0 rings (SSSR count). The highest BCUT2D eigenvalue weighted by Crippen LogP contribution is 2.31. The lowest BCUT2D eigenvalue weighted by atomic mass is 9.78. The molecule has 0 saturated heterocycles. The number of methoxy groups -OCH3 is 1. The van der Waals surface area contributed by atoms with Gasteiger partial charge >= 0.3 is 5.97 Å². The van der Waals surface area contributed by atoms with Crippen LogP contribution in [-0.4, -0.2) is 59.9 Å². The summed E-state index contributed by atoms with van der Waals surface area (Å²) in [6.07, 6.45) is 2.14. The molecule has 0 aromatic carbocycles. The van der Waals surface area contributed by atoms with E-state index in [1.807, 2.05) is 20.8 Å². The number of hydrogen-bond acceptors (Lipinski definition) is 6. The van der Waals surface area contributed by atoms with E-state index < -0.39 is 5.41 Å². The van der Waals surface area contributed by atoms with Crippen LogP contribution in [0.3, 0.4) is 0 Å². The van der Waals surface area contributed by atoms with Gasteiger partial charge in [0.15, 0.2) is 0 Å². The monoisotopic (exact) mass is 364 g/mol. The third-order valence-electron chi connectivity index (χ3n) is 4.54. The standard InChI is InChI=1S/C10H20O3.C9H20O3/c1-5-10(7-11,6-8(2)3)9(12)13-4;1-7(2)3-8(4-10)9(5-11)6-12/h8,11H,5-7H2,1-4H3;7-12H,3-6H2,1-2H3. The molecule has 0 aliphatic rings. The smallest absolute Gasteiger partial charge is 0.314 e. The number of carbonyl (C=O) groups is 1. The fourth-order valence-corrected chi connectivity index (χ4v) is 2.99. The van der Waals surface area contributed by atoms with Crippen LogP contribution in [0.5, 0.6) is 0 Å². The molecular formula is C19H40O6. The van der Waals surface area contributed by atoms with Crippen LogP contribution in [0.2, 0.25) is 0 Å². The molecule has 0 fully saturated rings. The Morgan fingerprint density at radius 2 is 1.40 bits per heavy atom. The van der Waals surface area contributed by atoms with Gasteiger partial charge in [0.1, 0.15) is 0 Å². The Morgan fingerprint density at radius 3 is 1.64 bits per heavy atom. The fraction of sp³-hybridized carbons (Fsp3) is 0.947. The number of hydrogen-bond donors (Lipinski definition) is 4. The summed E-state index contributed by atoms with van der Waals surface area (Å²) >= 11 is 0. The first-order valence-electron chi connectivity index (χ1n) is 9.19. The van der Waals surface area contributed by atoms with Gasteiger partial charge < -0.3 is 25.2 Å². The Morgan fingerprint density at radius 1 is 0.920 bits per heavy atom. The first kappa shape index (κ1) is 26.5. The van der Waals surface area contributed by atoms with Crippen molar-refractivity contribution in [2.45, 2.75) is 53.9 Å². The van der Waals surface area contributed by atoms with Gasteiger partial charge in [0.2, 0.25) is 0 Å². The fourth-order valence-electron chi connectivity index (χ4n) is 2.99. The van der Waals surface area contributed by atoms with Gasteiger partial charge in [-0.25, -0.2) is 0 Å². The average Bonchev–Trinajstić information content (AvgIpc) is 2.59. The van der Waals surface area contributed by atoms with Gasteiger partial charge in [-0.2, -0.15) is 0 Å². The van der Waals surface area contributed by atoms with Gasteiger partial charge in [0.05, 0.1) is 19.1 Å². The minimum Gasteiger partial charge on any atom is -0.469 e. The van der Waals surface area contributed by atoms with E-state index >= 15 is 0 Å². The number of aliphatic hydroxyl groups is 4. The predicted molar refractivity (Wildman–Crippen MR) is 99.0 cm³/mol. The van der Waals surface area contributed by atoms with Crippen molar-refractivity contribution in [3.8, 4) is 0 Å². The van der Waals surface area contributed by atoms with Gasteiger partial charge in [-0.3, -0.25) is 4.79 Å². The second kappa shape index (κ2) is 14.5. The van der Waals surface area contributed by atoms with Crippen LogP contribution in [0.4, 0.5) is 0 Å². The van der Waals surface area contributed by atoms with Crippen molar-refractivity contribution >= 4 is 5.97 Å². The summed E-state index contributed by atoms with van der Waals surface area (Å²) in [6.45, 7) is 9.91. The minimum atomic E-state index is -0.692. The first-order valence-corrected chi connectivity index (χ1v) is 9.19. The molecule has 0 radical (unpaired) electrons. The molecule has 0 bridgehead atoms. The lowest BCUT2D eigenvalue weighted by molar-refractivity contribution is -0.157. The van der Waals surface area contributed by atoms with Gasteiger partial charge in [0.25, 0.3) is 0 Å². The lowest BCUT2D eigenvalue weighted by Gasteiger charge is -2.29. The predicted octanol–water partition coefficient (Wildman–Crippen LogP) is 1.84. The van der Waals surface area contributed by atoms with E-state index in [1.165, 1.54) is 7.11 Å². The summed E-state index contributed by atoms with van der Waals surface area (Å²) in [5.41, 5.74) is -0.692. The summed E-state index contributed by atoms with van der Waals surface area (Å²) in [4.78, 5) is 11.4. The van der Waals surface area contributed by atoms with Crippen molar-refractivity contribution in [3.63, 3.8) is 0 Å². The van der Waals surface area contributed by atoms with Crippen molar-refractivity contribution in [2.24, 2.45) is 29.1 Å². The van der Waals surface area contributed by atoms with Crippen LogP contribution in [0.1, 0.15) is 53.9 Å². The number of ether oxygens (including phenoxy) is 1. The average molecular weight is 365 g/mol. The molecule has 0 heterocycles. The number of carbonyl (C=O) groups excluding carboxylic acids is 1. The second-order valence-corrected chi connectivity index (χ2v) is 7.58. The molecule has 0 aromatic rings. The second-order valence-electron chi connectivity index (χ2n) is 7.58. The molecule has 2 unspecified atom stereocenters. The van der Waals surface area contributed by atoms with Crippen molar-refractivity contribution < 1.29 is 30.0 Å². The molecule has 152 valence electrons. The van der Waals surface area contributed by atoms with Gasteiger partial charge in [0, 0.05) is 25.7 Å². The highest BCUT2D eigenvalue weighted by molar-refractivity contribution is 5.76. The molecule has 0 aliphatic carbocycles. The van der Waals surface area contributed by atoms with E-state index in [2.05, 4.69) is 13.8 Å². The SMILES string of the molecule is CC(C)CC(CO)C(CO)CO.CCC(CO)(CC(C)C)C(=O)OC. The van der Waals surface area contributed by atoms with Crippen molar-refractivity contribution in [1.82, 2.24) is 0 Å². The summed E-state index contributed by atoms with van der Waals surface area (Å²) in [6, 6.07) is 0. The molecule has 4 N–H and O–H groups in total. The summed E-state index contributed by atoms with van der Waals surface area (Å²) < 4.78 is 4.70. The summed E-state index contributed by atoms with van der Waals surface area (Å²) in [5, 5.41) is 36.0. The Balaban J connectivity index is 0. The summed E-state index contributed by atoms with van der Waals surface area (Å²) in [7, 11) is 1.36. The molecule has 0 aliphatic heterocycles. The maximum Gasteiger partial charge on any atom is 0.314 e. The van der Waals surface area contributed by atoms with E-state index in [0.29, 0.717) is 24.7 Å². The zero-order chi connectivity index (χ0) is 20.0. The Kier molecular flexibility index (Phi) is 15.4. The summed E-state index contributed by atoms with van der Waals surface area (Å²) in [5.74, 6) is 0.428. The molecule has 0 saturated carbocycles.